The number of thiophene rings is 1. The Bertz CT molecular complexity index is 1220. The molecule has 3 aromatic carbocycles. The van der Waals surface area contributed by atoms with Gasteiger partial charge in [0, 0.05) is 35.8 Å². The summed E-state index contributed by atoms with van der Waals surface area (Å²) in [5, 5.41) is 2.96. The lowest BCUT2D eigenvalue weighted by molar-refractivity contribution is 0.0972. The van der Waals surface area contributed by atoms with E-state index in [1.54, 1.807) is 0 Å². The van der Waals surface area contributed by atoms with Crippen LogP contribution in [0.2, 0.25) is 0 Å². The Morgan fingerprint density at radius 2 is 1.53 bits per heavy atom. The van der Waals surface area contributed by atoms with Crippen LogP contribution in [0, 0.1) is 0 Å². The predicted octanol–water partition coefficient (Wildman–Crippen LogP) is 6.71. The summed E-state index contributed by atoms with van der Waals surface area (Å²) >= 11 is 1.49. The van der Waals surface area contributed by atoms with Gasteiger partial charge in [-0.05, 0) is 54.8 Å². The molecular formula is C29H28N2O2S. The third-order valence-electron chi connectivity index (χ3n) is 6.09. The second-order valence-corrected chi connectivity index (χ2v) is 9.64. The van der Waals surface area contributed by atoms with Crippen LogP contribution in [-0.4, -0.2) is 30.0 Å². The summed E-state index contributed by atoms with van der Waals surface area (Å²) < 4.78 is 6.48. The lowest BCUT2D eigenvalue weighted by atomic mass is 10.1. The highest BCUT2D eigenvalue weighted by Gasteiger charge is 2.22. The van der Waals surface area contributed by atoms with Crippen molar-refractivity contribution < 1.29 is 9.53 Å². The topological polar surface area (TPSA) is 41.6 Å². The number of benzene rings is 3. The normalized spacial score (nSPS) is 14.6. The van der Waals surface area contributed by atoms with Crippen LogP contribution < -0.4 is 10.1 Å². The van der Waals surface area contributed by atoms with Crippen LogP contribution in [0.25, 0.3) is 10.4 Å². The van der Waals surface area contributed by atoms with Crippen molar-refractivity contribution in [2.75, 3.05) is 18.4 Å². The maximum Gasteiger partial charge on any atom is 0.265 e. The van der Waals surface area contributed by atoms with Gasteiger partial charge in [0.15, 0.2) is 0 Å². The van der Waals surface area contributed by atoms with E-state index in [0.717, 1.165) is 54.4 Å². The number of para-hydroxylation sites is 2. The molecule has 172 valence electrons. The standard InChI is InChI=1S/C29H28N2O2S/c32-29(30-23-11-5-2-6-12-23)28-16-15-27(34-28)25-13-7-8-14-26(25)33-24-17-19-31(20-18-24)21-22-9-3-1-4-10-22/h1-16,24H,17-21H2,(H,30,32). The molecule has 0 aliphatic carbocycles. The van der Waals surface area contributed by atoms with E-state index in [1.807, 2.05) is 60.7 Å². The zero-order chi connectivity index (χ0) is 23.2. The molecule has 1 fully saturated rings. The van der Waals surface area contributed by atoms with Gasteiger partial charge >= 0.3 is 0 Å². The lowest BCUT2D eigenvalue weighted by Crippen LogP contribution is -2.37. The number of carbonyl (C=O) groups excluding carboxylic acids is 1. The molecule has 1 aliphatic rings. The van der Waals surface area contributed by atoms with Crippen molar-refractivity contribution in [2.24, 2.45) is 0 Å². The summed E-state index contributed by atoms with van der Waals surface area (Å²) in [6.07, 6.45) is 2.22. The number of anilines is 1. The van der Waals surface area contributed by atoms with Crippen LogP contribution in [0.1, 0.15) is 28.1 Å². The average Bonchev–Trinajstić information content (AvgIpc) is 3.37. The number of ether oxygens (including phenoxy) is 1. The molecule has 1 saturated heterocycles. The summed E-state index contributed by atoms with van der Waals surface area (Å²) in [5.74, 6) is 0.799. The zero-order valence-corrected chi connectivity index (χ0v) is 19.8. The van der Waals surface area contributed by atoms with Gasteiger partial charge < -0.3 is 10.1 Å². The van der Waals surface area contributed by atoms with E-state index in [4.69, 9.17) is 4.74 Å². The first-order valence-corrected chi connectivity index (χ1v) is 12.5. The van der Waals surface area contributed by atoms with Crippen molar-refractivity contribution in [2.45, 2.75) is 25.5 Å². The summed E-state index contributed by atoms with van der Waals surface area (Å²) in [7, 11) is 0. The maximum absolute atomic E-state index is 12.7. The van der Waals surface area contributed by atoms with Crippen LogP contribution in [-0.2, 0) is 6.54 Å². The number of hydrogen-bond acceptors (Lipinski definition) is 4. The Hall–Kier alpha value is -3.41. The molecule has 5 heteroatoms. The summed E-state index contributed by atoms with van der Waals surface area (Å²) in [5.41, 5.74) is 3.19. The largest absolute Gasteiger partial charge is 0.490 e. The van der Waals surface area contributed by atoms with Gasteiger partial charge in [0.25, 0.3) is 5.91 Å². The Balaban J connectivity index is 1.22. The van der Waals surface area contributed by atoms with Gasteiger partial charge in [-0.25, -0.2) is 0 Å². The highest BCUT2D eigenvalue weighted by molar-refractivity contribution is 7.17. The second kappa shape index (κ2) is 10.7. The van der Waals surface area contributed by atoms with Crippen molar-refractivity contribution in [3.05, 3.63) is 108 Å². The summed E-state index contributed by atoms with van der Waals surface area (Å²) in [6.45, 7) is 3.06. The Kier molecular flexibility index (Phi) is 7.03. The molecule has 2 heterocycles. The number of carbonyl (C=O) groups is 1. The smallest absolute Gasteiger partial charge is 0.265 e. The van der Waals surface area contributed by atoms with Crippen LogP contribution in [0.15, 0.2) is 97.1 Å². The highest BCUT2D eigenvalue weighted by Crippen LogP contribution is 2.36. The molecule has 1 aromatic heterocycles. The molecule has 0 radical (unpaired) electrons. The van der Waals surface area contributed by atoms with Crippen molar-refractivity contribution in [3.8, 4) is 16.2 Å². The van der Waals surface area contributed by atoms with Gasteiger partial charge in [0.05, 0.1) is 4.88 Å². The number of nitrogens with one attached hydrogen (secondary N) is 1. The molecule has 1 amide bonds. The number of nitrogens with zero attached hydrogens (tertiary/aromatic N) is 1. The molecule has 1 N–H and O–H groups in total. The number of hydrogen-bond donors (Lipinski definition) is 1. The van der Waals surface area contributed by atoms with Crippen LogP contribution in [0.4, 0.5) is 5.69 Å². The van der Waals surface area contributed by atoms with E-state index in [2.05, 4.69) is 46.6 Å². The summed E-state index contributed by atoms with van der Waals surface area (Å²) in [4.78, 5) is 16.9. The van der Waals surface area contributed by atoms with Crippen molar-refractivity contribution in [1.82, 2.24) is 4.90 Å². The number of piperidine rings is 1. The van der Waals surface area contributed by atoms with Crippen LogP contribution in [0.5, 0.6) is 5.75 Å². The third kappa shape index (κ3) is 5.56. The second-order valence-electron chi connectivity index (χ2n) is 8.56. The monoisotopic (exact) mass is 468 g/mol. The van der Waals surface area contributed by atoms with Gasteiger partial charge in [-0.3, -0.25) is 9.69 Å². The molecule has 4 aromatic rings. The quantitative estimate of drug-likeness (QED) is 0.328. The zero-order valence-electron chi connectivity index (χ0n) is 19.0. The summed E-state index contributed by atoms with van der Waals surface area (Å²) in [6, 6.07) is 32.2. The fraction of sp³-hybridized carbons (Fsp3) is 0.207. The number of rotatable bonds is 7. The SMILES string of the molecule is O=C(Nc1ccccc1)c1ccc(-c2ccccc2OC2CCN(Cc3ccccc3)CC2)s1. The first-order chi connectivity index (χ1) is 16.7. The van der Waals surface area contributed by atoms with Crippen LogP contribution in [0.3, 0.4) is 0 Å². The molecule has 5 rings (SSSR count). The highest BCUT2D eigenvalue weighted by atomic mass is 32.1. The van der Waals surface area contributed by atoms with E-state index < -0.39 is 0 Å². The molecule has 0 atom stereocenters. The van der Waals surface area contributed by atoms with Crippen LogP contribution >= 0.6 is 11.3 Å². The average molecular weight is 469 g/mol. The van der Waals surface area contributed by atoms with E-state index >= 15 is 0 Å². The van der Waals surface area contributed by atoms with Crippen molar-refractivity contribution >= 4 is 22.9 Å². The fourth-order valence-corrected chi connectivity index (χ4v) is 5.23. The van der Waals surface area contributed by atoms with Gasteiger partial charge in [-0.1, -0.05) is 60.7 Å². The minimum Gasteiger partial charge on any atom is -0.490 e. The first kappa shape index (κ1) is 22.4. The Morgan fingerprint density at radius 3 is 2.29 bits per heavy atom. The molecule has 0 unspecified atom stereocenters. The minimum absolute atomic E-state index is 0.0911. The van der Waals surface area contributed by atoms with E-state index in [0.29, 0.717) is 4.88 Å². The maximum atomic E-state index is 12.7. The van der Waals surface area contributed by atoms with Gasteiger partial charge in [-0.2, -0.15) is 0 Å². The number of likely N-dealkylation sites (tertiary alicyclic amines) is 1. The third-order valence-corrected chi connectivity index (χ3v) is 7.21. The molecule has 34 heavy (non-hydrogen) atoms. The Labute approximate surface area is 204 Å². The van der Waals surface area contributed by atoms with E-state index in [9.17, 15) is 4.79 Å². The molecule has 0 bridgehead atoms. The molecular weight excluding hydrogens is 440 g/mol. The molecule has 0 saturated carbocycles. The van der Waals surface area contributed by atoms with Crippen molar-refractivity contribution in [1.29, 1.82) is 0 Å². The van der Waals surface area contributed by atoms with Gasteiger partial charge in [0.1, 0.15) is 11.9 Å². The van der Waals surface area contributed by atoms with Gasteiger partial charge in [0.2, 0.25) is 0 Å². The lowest BCUT2D eigenvalue weighted by Gasteiger charge is -2.32. The Morgan fingerprint density at radius 1 is 0.853 bits per heavy atom. The first-order valence-electron chi connectivity index (χ1n) is 11.7. The fourth-order valence-electron chi connectivity index (χ4n) is 4.30. The van der Waals surface area contributed by atoms with E-state index in [-0.39, 0.29) is 12.0 Å². The number of amides is 1. The van der Waals surface area contributed by atoms with Gasteiger partial charge in [-0.15, -0.1) is 11.3 Å². The molecule has 0 spiro atoms. The predicted molar refractivity (Wildman–Crippen MR) is 140 cm³/mol. The van der Waals surface area contributed by atoms with E-state index in [1.165, 1.54) is 16.9 Å². The molecule has 1 aliphatic heterocycles. The minimum atomic E-state index is -0.0911. The van der Waals surface area contributed by atoms with Crippen molar-refractivity contribution in [3.63, 3.8) is 0 Å². The molecule has 4 nitrogen and oxygen atoms in total.